The topological polar surface area (TPSA) is 49.3 Å². The number of benzene rings is 2. The van der Waals surface area contributed by atoms with Crippen molar-refractivity contribution in [3.05, 3.63) is 61.6 Å². The van der Waals surface area contributed by atoms with Crippen LogP contribution in [0.25, 0.3) is 0 Å². The molecule has 2 rings (SSSR count). The number of rotatable bonds is 4. The minimum Gasteiger partial charge on any atom is -0.478 e. The van der Waals surface area contributed by atoms with Gasteiger partial charge in [0.05, 0.1) is 5.56 Å². The third-order valence-electron chi connectivity index (χ3n) is 2.65. The summed E-state index contributed by atoms with van der Waals surface area (Å²) in [6, 6.07) is 13.0. The van der Waals surface area contributed by atoms with E-state index in [9.17, 15) is 4.79 Å². The Morgan fingerprint density at radius 3 is 2.74 bits per heavy atom. The fourth-order valence-electron chi connectivity index (χ4n) is 1.71. The average Bonchev–Trinajstić information content (AvgIpc) is 2.40. The molecule has 0 aliphatic carbocycles. The molecule has 0 spiro atoms. The van der Waals surface area contributed by atoms with Crippen molar-refractivity contribution in [3.8, 4) is 0 Å². The molecular formula is C14H11BrINO2. The van der Waals surface area contributed by atoms with Crippen molar-refractivity contribution < 1.29 is 9.90 Å². The minimum atomic E-state index is -0.904. The van der Waals surface area contributed by atoms with E-state index in [4.69, 9.17) is 5.11 Å². The zero-order valence-electron chi connectivity index (χ0n) is 9.86. The fraction of sp³-hybridized carbons (Fsp3) is 0.0714. The highest BCUT2D eigenvalue weighted by molar-refractivity contribution is 14.1. The molecule has 0 heterocycles. The first-order valence-electron chi connectivity index (χ1n) is 5.58. The summed E-state index contributed by atoms with van der Waals surface area (Å²) in [5, 5.41) is 12.4. The van der Waals surface area contributed by atoms with Crippen LogP contribution in [-0.2, 0) is 6.54 Å². The molecule has 5 heteroatoms. The second kappa shape index (κ2) is 6.38. The van der Waals surface area contributed by atoms with Gasteiger partial charge in [0.1, 0.15) is 0 Å². The molecule has 0 fully saturated rings. The summed E-state index contributed by atoms with van der Waals surface area (Å²) in [7, 11) is 0. The molecule has 0 unspecified atom stereocenters. The molecule has 0 saturated heterocycles. The molecule has 0 aliphatic rings. The van der Waals surface area contributed by atoms with Gasteiger partial charge in [-0.25, -0.2) is 4.79 Å². The monoisotopic (exact) mass is 431 g/mol. The molecule has 0 atom stereocenters. The lowest BCUT2D eigenvalue weighted by Gasteiger charge is -2.11. The Balaban J connectivity index is 2.19. The number of halogens is 2. The van der Waals surface area contributed by atoms with Crippen LogP contribution in [0.2, 0.25) is 0 Å². The SMILES string of the molecule is O=C(O)c1ccccc1CNc1cc(I)ccc1Br. The van der Waals surface area contributed by atoms with E-state index in [0.717, 1.165) is 19.3 Å². The van der Waals surface area contributed by atoms with Gasteiger partial charge >= 0.3 is 5.97 Å². The second-order valence-electron chi connectivity index (χ2n) is 3.94. The zero-order chi connectivity index (χ0) is 13.8. The van der Waals surface area contributed by atoms with Crippen LogP contribution in [0.4, 0.5) is 5.69 Å². The molecule has 0 amide bonds. The maximum absolute atomic E-state index is 11.1. The lowest BCUT2D eigenvalue weighted by molar-refractivity contribution is 0.0696. The van der Waals surface area contributed by atoms with Crippen molar-refractivity contribution in [2.45, 2.75) is 6.54 Å². The lowest BCUT2D eigenvalue weighted by atomic mass is 10.1. The van der Waals surface area contributed by atoms with Crippen molar-refractivity contribution in [1.29, 1.82) is 0 Å². The molecule has 0 aromatic heterocycles. The highest BCUT2D eigenvalue weighted by Gasteiger charge is 2.09. The predicted molar refractivity (Wildman–Crippen MR) is 87.6 cm³/mol. The molecule has 0 radical (unpaired) electrons. The van der Waals surface area contributed by atoms with E-state index in [1.165, 1.54) is 0 Å². The van der Waals surface area contributed by atoms with Gasteiger partial charge < -0.3 is 10.4 Å². The van der Waals surface area contributed by atoms with Crippen molar-refractivity contribution in [2.75, 3.05) is 5.32 Å². The minimum absolute atomic E-state index is 0.330. The van der Waals surface area contributed by atoms with Crippen molar-refractivity contribution >= 4 is 50.2 Å². The van der Waals surface area contributed by atoms with Gasteiger partial charge in [0, 0.05) is 20.3 Å². The smallest absolute Gasteiger partial charge is 0.336 e. The first kappa shape index (κ1) is 14.3. The summed E-state index contributed by atoms with van der Waals surface area (Å²) in [5.41, 5.74) is 2.05. The van der Waals surface area contributed by atoms with E-state index in [-0.39, 0.29) is 0 Å². The van der Waals surface area contributed by atoms with E-state index in [0.29, 0.717) is 12.1 Å². The lowest BCUT2D eigenvalue weighted by Crippen LogP contribution is -2.07. The first-order chi connectivity index (χ1) is 9.08. The van der Waals surface area contributed by atoms with Gasteiger partial charge in [0.25, 0.3) is 0 Å². The molecular weight excluding hydrogens is 421 g/mol. The largest absolute Gasteiger partial charge is 0.478 e. The van der Waals surface area contributed by atoms with Gasteiger partial charge in [-0.15, -0.1) is 0 Å². The number of hydrogen-bond donors (Lipinski definition) is 2. The van der Waals surface area contributed by atoms with E-state index in [1.807, 2.05) is 30.3 Å². The Kier molecular flexibility index (Phi) is 4.81. The molecule has 0 saturated carbocycles. The normalized spacial score (nSPS) is 10.2. The summed E-state index contributed by atoms with van der Waals surface area (Å²) in [6.07, 6.45) is 0. The third-order valence-corrected chi connectivity index (χ3v) is 4.01. The van der Waals surface area contributed by atoms with Gasteiger partial charge in [0.2, 0.25) is 0 Å². The van der Waals surface area contributed by atoms with Crippen LogP contribution >= 0.6 is 38.5 Å². The number of carboxylic acid groups (broad SMARTS) is 1. The number of nitrogens with one attached hydrogen (secondary N) is 1. The highest BCUT2D eigenvalue weighted by atomic mass is 127. The van der Waals surface area contributed by atoms with Crippen LogP contribution in [0, 0.1) is 3.57 Å². The molecule has 3 nitrogen and oxygen atoms in total. The third kappa shape index (κ3) is 3.70. The van der Waals surface area contributed by atoms with Crippen LogP contribution in [0.5, 0.6) is 0 Å². The standard InChI is InChI=1S/C14H11BrINO2/c15-12-6-5-10(16)7-13(12)17-8-9-3-1-2-4-11(9)14(18)19/h1-7,17H,8H2,(H,18,19). The quantitative estimate of drug-likeness (QED) is 0.707. The van der Waals surface area contributed by atoms with Crippen molar-refractivity contribution in [3.63, 3.8) is 0 Å². The van der Waals surface area contributed by atoms with Gasteiger partial charge in [-0.3, -0.25) is 0 Å². The number of hydrogen-bond acceptors (Lipinski definition) is 2. The fourth-order valence-corrected chi connectivity index (χ4v) is 2.58. The Bertz CT molecular complexity index is 616. The molecule has 2 aromatic rings. The van der Waals surface area contributed by atoms with Crippen molar-refractivity contribution in [1.82, 2.24) is 0 Å². The highest BCUT2D eigenvalue weighted by Crippen LogP contribution is 2.25. The zero-order valence-corrected chi connectivity index (χ0v) is 13.6. The molecule has 2 aromatic carbocycles. The number of anilines is 1. The Hall–Kier alpha value is -1.08. The van der Waals surface area contributed by atoms with E-state index >= 15 is 0 Å². The Labute approximate surface area is 133 Å². The Morgan fingerprint density at radius 1 is 1.26 bits per heavy atom. The summed E-state index contributed by atoms with van der Waals surface area (Å²) < 4.78 is 2.08. The molecule has 98 valence electrons. The molecule has 0 bridgehead atoms. The average molecular weight is 432 g/mol. The van der Waals surface area contributed by atoms with Crippen LogP contribution in [0.3, 0.4) is 0 Å². The van der Waals surface area contributed by atoms with Gasteiger partial charge in [-0.1, -0.05) is 18.2 Å². The van der Waals surface area contributed by atoms with Crippen LogP contribution in [0.15, 0.2) is 46.9 Å². The van der Waals surface area contributed by atoms with Crippen molar-refractivity contribution in [2.24, 2.45) is 0 Å². The number of carbonyl (C=O) groups is 1. The number of aromatic carboxylic acids is 1. The van der Waals surface area contributed by atoms with E-state index in [2.05, 4.69) is 43.8 Å². The summed E-state index contributed by atoms with van der Waals surface area (Å²) in [5.74, 6) is -0.904. The van der Waals surface area contributed by atoms with Gasteiger partial charge in [-0.2, -0.15) is 0 Å². The van der Waals surface area contributed by atoms with Gasteiger partial charge in [0.15, 0.2) is 0 Å². The Morgan fingerprint density at radius 2 is 2.00 bits per heavy atom. The van der Waals surface area contributed by atoms with E-state index < -0.39 is 5.97 Å². The second-order valence-corrected chi connectivity index (χ2v) is 6.04. The number of carboxylic acids is 1. The maximum atomic E-state index is 11.1. The van der Waals surface area contributed by atoms with E-state index in [1.54, 1.807) is 12.1 Å². The predicted octanol–water partition coefficient (Wildman–Crippen LogP) is 4.36. The summed E-state index contributed by atoms with van der Waals surface area (Å²) >= 11 is 5.71. The first-order valence-corrected chi connectivity index (χ1v) is 7.45. The van der Waals surface area contributed by atoms with Gasteiger partial charge in [-0.05, 0) is 68.3 Å². The maximum Gasteiger partial charge on any atom is 0.336 e. The van der Waals surface area contributed by atoms with Crippen LogP contribution in [0.1, 0.15) is 15.9 Å². The summed E-state index contributed by atoms with van der Waals surface area (Å²) in [4.78, 5) is 11.1. The molecule has 19 heavy (non-hydrogen) atoms. The van der Waals surface area contributed by atoms with Crippen LogP contribution < -0.4 is 5.32 Å². The summed E-state index contributed by atoms with van der Waals surface area (Å²) in [6.45, 7) is 0.473. The molecule has 2 N–H and O–H groups in total. The molecule has 0 aliphatic heterocycles. The van der Waals surface area contributed by atoms with Crippen LogP contribution in [-0.4, -0.2) is 11.1 Å².